The molecule has 6 rings (SSSR count). The standard InChI is InChI=1S/C28H31FN8O2/c1-4-11-36-26(38)20-17-30-27(31-19-6-7-22(21(29)16-19)35-14-12-34(3)13-15-35)33-25(20)37(36)23-8-5-18-9-10-28(2,39)24(18)32-23/h4-8,16-17,39H,1,9-15H2,2-3H3,(H,30,31,33)/t28-/m1/s1. The predicted molar refractivity (Wildman–Crippen MR) is 148 cm³/mol. The molecule has 0 saturated carbocycles. The monoisotopic (exact) mass is 530 g/mol. The molecular formula is C28H31FN8O2. The Morgan fingerprint density at radius 2 is 1.97 bits per heavy atom. The second-order valence-corrected chi connectivity index (χ2v) is 10.5. The molecule has 3 aromatic heterocycles. The molecule has 1 atom stereocenters. The van der Waals surface area contributed by atoms with Crippen molar-refractivity contribution in [3.05, 3.63) is 76.6 Å². The number of hydrogen-bond acceptors (Lipinski definition) is 8. The average Bonchev–Trinajstić information content (AvgIpc) is 3.37. The fourth-order valence-electron chi connectivity index (χ4n) is 5.39. The van der Waals surface area contributed by atoms with E-state index in [1.165, 1.54) is 16.9 Å². The SMILES string of the molecule is C=CCn1c(=O)c2cnc(Nc3ccc(N4CCN(C)CC4)c(F)c3)nc2n1-c1ccc2c(n1)[C@](C)(O)CC2. The van der Waals surface area contributed by atoms with Gasteiger partial charge >= 0.3 is 0 Å². The molecule has 1 aliphatic carbocycles. The van der Waals surface area contributed by atoms with Gasteiger partial charge in [0.1, 0.15) is 16.8 Å². The number of nitrogens with zero attached hydrogens (tertiary/aromatic N) is 7. The molecule has 11 heteroatoms. The fourth-order valence-corrected chi connectivity index (χ4v) is 5.39. The molecule has 1 saturated heterocycles. The van der Waals surface area contributed by atoms with Crippen LogP contribution in [0.15, 0.2) is 54.0 Å². The van der Waals surface area contributed by atoms with E-state index >= 15 is 4.39 Å². The van der Waals surface area contributed by atoms with E-state index in [9.17, 15) is 9.90 Å². The van der Waals surface area contributed by atoms with Crippen LogP contribution in [-0.4, -0.2) is 67.5 Å². The zero-order chi connectivity index (χ0) is 27.3. The van der Waals surface area contributed by atoms with Crippen molar-refractivity contribution in [2.45, 2.75) is 31.9 Å². The number of benzene rings is 1. The van der Waals surface area contributed by atoms with Gasteiger partial charge in [-0.05, 0) is 56.6 Å². The molecule has 1 aromatic carbocycles. The van der Waals surface area contributed by atoms with Crippen LogP contribution in [0.1, 0.15) is 24.6 Å². The number of aryl methyl sites for hydroxylation is 1. The summed E-state index contributed by atoms with van der Waals surface area (Å²) in [7, 11) is 2.06. The number of fused-ring (bicyclic) bond motifs is 2. The van der Waals surface area contributed by atoms with Crippen molar-refractivity contribution < 1.29 is 9.50 Å². The molecule has 10 nitrogen and oxygen atoms in total. The van der Waals surface area contributed by atoms with Gasteiger partial charge < -0.3 is 20.2 Å². The first-order chi connectivity index (χ1) is 18.7. The van der Waals surface area contributed by atoms with Gasteiger partial charge in [0.25, 0.3) is 5.56 Å². The van der Waals surface area contributed by atoms with Gasteiger partial charge in [0.05, 0.1) is 17.9 Å². The molecular weight excluding hydrogens is 499 g/mol. The first kappa shape index (κ1) is 25.2. The number of rotatable bonds is 6. The van der Waals surface area contributed by atoms with Crippen molar-refractivity contribution in [1.82, 2.24) is 29.2 Å². The van der Waals surface area contributed by atoms with E-state index in [4.69, 9.17) is 4.98 Å². The normalized spacial score (nSPS) is 19.4. The Kier molecular flexibility index (Phi) is 6.19. The number of nitrogens with one attached hydrogen (secondary N) is 1. The summed E-state index contributed by atoms with van der Waals surface area (Å²) in [5, 5.41) is 14.2. The van der Waals surface area contributed by atoms with Crippen LogP contribution in [0.3, 0.4) is 0 Å². The highest BCUT2D eigenvalue weighted by atomic mass is 19.1. The van der Waals surface area contributed by atoms with Gasteiger partial charge in [-0.2, -0.15) is 4.98 Å². The van der Waals surface area contributed by atoms with Crippen LogP contribution >= 0.6 is 0 Å². The van der Waals surface area contributed by atoms with Crippen LogP contribution in [-0.2, 0) is 18.6 Å². The number of anilines is 3. The summed E-state index contributed by atoms with van der Waals surface area (Å²) in [4.78, 5) is 31.2. The zero-order valence-corrected chi connectivity index (χ0v) is 22.1. The number of piperazine rings is 1. The molecule has 4 aromatic rings. The van der Waals surface area contributed by atoms with E-state index in [2.05, 4.69) is 33.8 Å². The minimum Gasteiger partial charge on any atom is -0.384 e. The molecule has 202 valence electrons. The van der Waals surface area contributed by atoms with Crippen LogP contribution < -0.4 is 15.8 Å². The maximum absolute atomic E-state index is 15.1. The van der Waals surface area contributed by atoms with Crippen LogP contribution in [0.25, 0.3) is 16.9 Å². The summed E-state index contributed by atoms with van der Waals surface area (Å²) in [6, 6.07) is 8.74. The maximum atomic E-state index is 15.1. The zero-order valence-electron chi connectivity index (χ0n) is 22.1. The first-order valence-electron chi connectivity index (χ1n) is 13.1. The molecule has 2 N–H and O–H groups in total. The van der Waals surface area contributed by atoms with Crippen molar-refractivity contribution in [3.8, 4) is 5.82 Å². The maximum Gasteiger partial charge on any atom is 0.278 e. The Morgan fingerprint density at radius 3 is 2.72 bits per heavy atom. The fraction of sp³-hybridized carbons (Fsp3) is 0.357. The van der Waals surface area contributed by atoms with Gasteiger partial charge in [0, 0.05) is 38.1 Å². The number of aliphatic hydroxyl groups is 1. The molecule has 0 amide bonds. The Morgan fingerprint density at radius 1 is 1.18 bits per heavy atom. The van der Waals surface area contributed by atoms with Crippen LogP contribution in [0.4, 0.5) is 21.7 Å². The first-order valence-corrected chi connectivity index (χ1v) is 13.1. The number of likely N-dealkylation sites (N-methyl/N-ethyl adjacent to an activating group) is 1. The lowest BCUT2D eigenvalue weighted by Crippen LogP contribution is -2.44. The minimum atomic E-state index is -1.04. The quantitative estimate of drug-likeness (QED) is 0.367. The second-order valence-electron chi connectivity index (χ2n) is 10.5. The summed E-state index contributed by atoms with van der Waals surface area (Å²) >= 11 is 0. The lowest BCUT2D eigenvalue weighted by atomic mass is 10.0. The molecule has 0 spiro atoms. The second kappa shape index (κ2) is 9.58. The predicted octanol–water partition coefficient (Wildman–Crippen LogP) is 2.95. The Hall–Kier alpha value is -4.09. The minimum absolute atomic E-state index is 0.215. The van der Waals surface area contributed by atoms with Crippen LogP contribution in [0.5, 0.6) is 0 Å². The Labute approximate surface area is 225 Å². The summed E-state index contributed by atoms with van der Waals surface area (Å²) in [5.41, 5.74) is 1.67. The molecule has 0 unspecified atom stereocenters. The Bertz CT molecular complexity index is 1630. The number of pyridine rings is 1. The molecule has 1 aliphatic heterocycles. The molecule has 2 aliphatic rings. The number of aromatic nitrogens is 5. The van der Waals surface area contributed by atoms with E-state index < -0.39 is 5.60 Å². The summed E-state index contributed by atoms with van der Waals surface area (Å²) in [6.07, 6.45) is 4.41. The highest BCUT2D eigenvalue weighted by Gasteiger charge is 2.34. The third kappa shape index (κ3) is 4.47. The number of allylic oxidation sites excluding steroid dienone is 1. The van der Waals surface area contributed by atoms with Gasteiger partial charge in [0.15, 0.2) is 11.5 Å². The van der Waals surface area contributed by atoms with Gasteiger partial charge in [0.2, 0.25) is 5.95 Å². The van der Waals surface area contributed by atoms with E-state index in [0.29, 0.717) is 40.3 Å². The molecule has 4 heterocycles. The third-order valence-corrected chi connectivity index (χ3v) is 7.60. The van der Waals surface area contributed by atoms with Crippen molar-refractivity contribution in [1.29, 1.82) is 0 Å². The lowest BCUT2D eigenvalue weighted by molar-refractivity contribution is 0.0553. The van der Waals surface area contributed by atoms with Crippen LogP contribution in [0.2, 0.25) is 0 Å². The van der Waals surface area contributed by atoms with Gasteiger partial charge in [-0.25, -0.2) is 23.7 Å². The topological polar surface area (TPSA) is 104 Å². The van der Waals surface area contributed by atoms with Crippen LogP contribution in [0, 0.1) is 5.82 Å². The van der Waals surface area contributed by atoms with Gasteiger partial charge in [-0.15, -0.1) is 6.58 Å². The molecule has 39 heavy (non-hydrogen) atoms. The molecule has 0 radical (unpaired) electrons. The van der Waals surface area contributed by atoms with Crippen molar-refractivity contribution in [3.63, 3.8) is 0 Å². The van der Waals surface area contributed by atoms with Crippen molar-refractivity contribution in [2.24, 2.45) is 0 Å². The summed E-state index contributed by atoms with van der Waals surface area (Å²) < 4.78 is 18.2. The van der Waals surface area contributed by atoms with E-state index in [1.54, 1.807) is 29.8 Å². The Balaban J connectivity index is 1.37. The number of hydrogen-bond donors (Lipinski definition) is 2. The summed E-state index contributed by atoms with van der Waals surface area (Å²) in [5.74, 6) is 0.345. The summed E-state index contributed by atoms with van der Waals surface area (Å²) in [6.45, 7) is 9.07. The lowest BCUT2D eigenvalue weighted by Gasteiger charge is -2.34. The highest BCUT2D eigenvalue weighted by molar-refractivity contribution is 5.77. The molecule has 1 fully saturated rings. The van der Waals surface area contributed by atoms with Gasteiger partial charge in [-0.3, -0.25) is 4.79 Å². The average molecular weight is 531 g/mol. The van der Waals surface area contributed by atoms with E-state index in [1.807, 2.05) is 17.0 Å². The van der Waals surface area contributed by atoms with Crippen molar-refractivity contribution in [2.75, 3.05) is 43.4 Å². The molecule has 0 bridgehead atoms. The smallest absolute Gasteiger partial charge is 0.278 e. The van der Waals surface area contributed by atoms with Gasteiger partial charge in [-0.1, -0.05) is 12.1 Å². The van der Waals surface area contributed by atoms with E-state index in [0.717, 1.165) is 38.2 Å². The largest absolute Gasteiger partial charge is 0.384 e. The third-order valence-electron chi connectivity index (χ3n) is 7.60. The van der Waals surface area contributed by atoms with Crippen molar-refractivity contribution >= 4 is 28.4 Å². The van der Waals surface area contributed by atoms with E-state index in [-0.39, 0.29) is 23.9 Å². The highest BCUT2D eigenvalue weighted by Crippen LogP contribution is 2.35. The number of halogens is 1.